The summed E-state index contributed by atoms with van der Waals surface area (Å²) in [4.78, 5) is 24.8. The molecule has 2 rings (SSSR count). The van der Waals surface area contributed by atoms with Crippen molar-refractivity contribution < 1.29 is 19.8 Å². The van der Waals surface area contributed by atoms with Crippen LogP contribution in [0.4, 0.5) is 4.79 Å². The Morgan fingerprint density at radius 2 is 1.89 bits per heavy atom. The Morgan fingerprint density at radius 3 is 2.47 bits per heavy atom. The number of amides is 2. The van der Waals surface area contributed by atoms with Crippen molar-refractivity contribution in [3.8, 4) is 0 Å². The number of hydrogen-bond donors (Lipinski definition) is 3. The maximum Gasteiger partial charge on any atom is 0.317 e. The van der Waals surface area contributed by atoms with Crippen molar-refractivity contribution in [2.45, 2.75) is 50.7 Å². The summed E-state index contributed by atoms with van der Waals surface area (Å²) >= 11 is 0. The van der Waals surface area contributed by atoms with E-state index in [-0.39, 0.29) is 12.1 Å². The highest BCUT2D eigenvalue weighted by atomic mass is 16.4. The maximum absolute atomic E-state index is 12.1. The highest BCUT2D eigenvalue weighted by molar-refractivity contribution is 5.77. The average Bonchev–Trinajstić information content (AvgIpc) is 2.77. The second-order valence-electron chi connectivity index (χ2n) is 5.92. The number of carbonyl (C=O) groups excluding carboxylic acids is 1. The quantitative estimate of drug-likeness (QED) is 0.692. The molecule has 19 heavy (non-hydrogen) atoms. The molecule has 1 aliphatic carbocycles. The number of nitrogens with one attached hydrogen (secondary N) is 1. The first-order valence-electron chi connectivity index (χ1n) is 6.90. The van der Waals surface area contributed by atoms with Crippen molar-refractivity contribution in [3.05, 3.63) is 0 Å². The van der Waals surface area contributed by atoms with Crippen LogP contribution in [0.3, 0.4) is 0 Å². The van der Waals surface area contributed by atoms with Gasteiger partial charge in [0.2, 0.25) is 0 Å². The van der Waals surface area contributed by atoms with Crippen molar-refractivity contribution in [2.24, 2.45) is 5.92 Å². The van der Waals surface area contributed by atoms with Gasteiger partial charge in [0.15, 0.2) is 0 Å². The summed E-state index contributed by atoms with van der Waals surface area (Å²) in [5, 5.41) is 21.7. The molecule has 6 nitrogen and oxygen atoms in total. The first-order valence-corrected chi connectivity index (χ1v) is 6.90. The molecule has 1 heterocycles. The van der Waals surface area contributed by atoms with Crippen LogP contribution in [0.25, 0.3) is 0 Å². The summed E-state index contributed by atoms with van der Waals surface area (Å²) in [6, 6.07) is -0.457. The average molecular weight is 270 g/mol. The van der Waals surface area contributed by atoms with Gasteiger partial charge in [-0.2, -0.15) is 0 Å². The van der Waals surface area contributed by atoms with E-state index in [1.165, 1.54) is 0 Å². The van der Waals surface area contributed by atoms with Crippen LogP contribution in [0.1, 0.15) is 39.0 Å². The zero-order chi connectivity index (χ0) is 14.0. The molecule has 2 unspecified atom stereocenters. The van der Waals surface area contributed by atoms with E-state index in [9.17, 15) is 14.7 Å². The lowest BCUT2D eigenvalue weighted by Crippen LogP contribution is -2.52. The molecule has 0 radical (unpaired) electrons. The van der Waals surface area contributed by atoms with Gasteiger partial charge in [-0.3, -0.25) is 4.79 Å². The lowest BCUT2D eigenvalue weighted by molar-refractivity contribution is -0.142. The number of piperidine rings is 1. The van der Waals surface area contributed by atoms with Crippen LogP contribution in [0, 0.1) is 5.92 Å². The molecule has 108 valence electrons. The first-order chi connectivity index (χ1) is 8.89. The largest absolute Gasteiger partial charge is 0.481 e. The van der Waals surface area contributed by atoms with Gasteiger partial charge in [-0.1, -0.05) is 6.42 Å². The number of carboxylic acid groups (broad SMARTS) is 1. The normalized spacial score (nSPS) is 30.1. The summed E-state index contributed by atoms with van der Waals surface area (Å²) in [7, 11) is 0. The molecule has 1 saturated heterocycles. The van der Waals surface area contributed by atoms with E-state index >= 15 is 0 Å². The van der Waals surface area contributed by atoms with Crippen molar-refractivity contribution >= 4 is 12.0 Å². The molecule has 0 bridgehead atoms. The molecular weight excluding hydrogens is 248 g/mol. The zero-order valence-corrected chi connectivity index (χ0v) is 11.3. The van der Waals surface area contributed by atoms with E-state index < -0.39 is 17.5 Å². The summed E-state index contributed by atoms with van der Waals surface area (Å²) in [5.74, 6) is -1.29. The Bertz CT molecular complexity index is 360. The molecular formula is C13H22N2O4. The van der Waals surface area contributed by atoms with Crippen LogP contribution >= 0.6 is 0 Å². The number of rotatable bonds is 2. The van der Waals surface area contributed by atoms with Gasteiger partial charge in [-0.25, -0.2) is 4.79 Å². The highest BCUT2D eigenvalue weighted by Gasteiger charge is 2.36. The van der Waals surface area contributed by atoms with Gasteiger partial charge >= 0.3 is 12.0 Å². The van der Waals surface area contributed by atoms with E-state index in [0.29, 0.717) is 32.4 Å². The van der Waals surface area contributed by atoms with Crippen LogP contribution < -0.4 is 5.32 Å². The van der Waals surface area contributed by atoms with Gasteiger partial charge in [-0.05, 0) is 32.6 Å². The minimum absolute atomic E-state index is 0.200. The molecule has 3 N–H and O–H groups in total. The number of aliphatic carboxylic acids is 1. The fourth-order valence-corrected chi connectivity index (χ4v) is 2.87. The molecule has 2 fully saturated rings. The monoisotopic (exact) mass is 270 g/mol. The first kappa shape index (κ1) is 14.1. The van der Waals surface area contributed by atoms with Crippen LogP contribution in [0.5, 0.6) is 0 Å². The number of carboxylic acids is 1. The number of aliphatic hydroxyl groups is 1. The highest BCUT2D eigenvalue weighted by Crippen LogP contribution is 2.26. The van der Waals surface area contributed by atoms with Crippen LogP contribution in [0.2, 0.25) is 0 Å². The second kappa shape index (κ2) is 5.36. The van der Waals surface area contributed by atoms with Crippen molar-refractivity contribution in [1.29, 1.82) is 0 Å². The van der Waals surface area contributed by atoms with E-state index in [1.807, 2.05) is 0 Å². The smallest absolute Gasteiger partial charge is 0.317 e. The third-order valence-electron chi connectivity index (χ3n) is 4.27. The molecule has 0 aromatic heterocycles. The molecule has 6 heteroatoms. The number of urea groups is 1. The molecule has 0 aromatic rings. The third kappa shape index (κ3) is 3.37. The second-order valence-corrected chi connectivity index (χ2v) is 5.92. The predicted molar refractivity (Wildman–Crippen MR) is 68.7 cm³/mol. The molecule has 0 spiro atoms. The van der Waals surface area contributed by atoms with Gasteiger partial charge in [0.1, 0.15) is 0 Å². The minimum atomic E-state index is -0.829. The van der Waals surface area contributed by atoms with Crippen LogP contribution in [-0.2, 0) is 4.79 Å². The zero-order valence-electron chi connectivity index (χ0n) is 11.3. The van der Waals surface area contributed by atoms with Crippen molar-refractivity contribution in [3.63, 3.8) is 0 Å². The Balaban J connectivity index is 1.86. The lowest BCUT2D eigenvalue weighted by Gasteiger charge is -2.36. The standard InChI is InChI=1S/C13H22N2O4/c1-13(19)5-7-15(8-6-13)12(18)14-10-4-2-3-9(10)11(16)17/h9-10,19H,2-8H2,1H3,(H,14,18)(H,16,17). The maximum atomic E-state index is 12.1. The van der Waals surface area contributed by atoms with Gasteiger partial charge in [0, 0.05) is 19.1 Å². The van der Waals surface area contributed by atoms with Gasteiger partial charge in [0.25, 0.3) is 0 Å². The van der Waals surface area contributed by atoms with Crippen LogP contribution in [-0.4, -0.2) is 51.8 Å². The molecule has 2 atom stereocenters. The van der Waals surface area contributed by atoms with Gasteiger partial charge in [-0.15, -0.1) is 0 Å². The third-order valence-corrected chi connectivity index (χ3v) is 4.27. The lowest BCUT2D eigenvalue weighted by atomic mass is 9.94. The fraction of sp³-hybridized carbons (Fsp3) is 0.846. The Kier molecular flexibility index (Phi) is 3.99. The Morgan fingerprint density at radius 1 is 1.26 bits per heavy atom. The SMILES string of the molecule is CC1(O)CCN(C(=O)NC2CCCC2C(=O)O)CC1. The van der Waals surface area contributed by atoms with Crippen molar-refractivity contribution in [1.82, 2.24) is 10.2 Å². The molecule has 2 aliphatic rings. The van der Waals surface area contributed by atoms with Crippen LogP contribution in [0.15, 0.2) is 0 Å². The predicted octanol–water partition coefficient (Wildman–Crippen LogP) is 0.796. The van der Waals surface area contributed by atoms with E-state index in [4.69, 9.17) is 5.11 Å². The number of hydrogen-bond acceptors (Lipinski definition) is 3. The van der Waals surface area contributed by atoms with E-state index in [1.54, 1.807) is 11.8 Å². The van der Waals surface area contributed by atoms with Gasteiger partial charge < -0.3 is 20.4 Å². The summed E-state index contributed by atoms with van der Waals surface area (Å²) in [6.07, 6.45) is 3.33. The number of carbonyl (C=O) groups is 2. The van der Waals surface area contributed by atoms with E-state index in [0.717, 1.165) is 12.8 Å². The number of nitrogens with zero attached hydrogens (tertiary/aromatic N) is 1. The molecule has 1 saturated carbocycles. The summed E-state index contributed by atoms with van der Waals surface area (Å²) in [5.41, 5.74) is -0.687. The number of likely N-dealkylation sites (tertiary alicyclic amines) is 1. The summed E-state index contributed by atoms with van der Waals surface area (Å²) in [6.45, 7) is 2.81. The minimum Gasteiger partial charge on any atom is -0.481 e. The topological polar surface area (TPSA) is 89.9 Å². The Hall–Kier alpha value is -1.30. The molecule has 2 amide bonds. The molecule has 0 aromatic carbocycles. The van der Waals surface area contributed by atoms with E-state index in [2.05, 4.69) is 5.32 Å². The molecule has 1 aliphatic heterocycles. The van der Waals surface area contributed by atoms with Gasteiger partial charge in [0.05, 0.1) is 11.5 Å². The Labute approximate surface area is 112 Å². The fourth-order valence-electron chi connectivity index (χ4n) is 2.87. The van der Waals surface area contributed by atoms with Crippen molar-refractivity contribution in [2.75, 3.05) is 13.1 Å². The summed E-state index contributed by atoms with van der Waals surface area (Å²) < 4.78 is 0.